The van der Waals surface area contributed by atoms with Gasteiger partial charge in [-0.1, -0.05) is 19.3 Å². The first kappa shape index (κ1) is 15.4. The van der Waals surface area contributed by atoms with Crippen LogP contribution in [0.4, 0.5) is 15.8 Å². The molecule has 1 amide bonds. The van der Waals surface area contributed by atoms with E-state index >= 15 is 0 Å². The Morgan fingerprint density at radius 1 is 1.38 bits per heavy atom. The number of nitro benzene ring substituents is 1. The number of nitrogens with one attached hydrogen (secondary N) is 1. The van der Waals surface area contributed by atoms with Crippen molar-refractivity contribution in [1.29, 1.82) is 0 Å². The standard InChI is InChI=1S/C14H18FN3O3/c15-11-8-10(18(20)21)4-5-12(11)17-13(19)14(9-16)6-2-1-3-7-14/h4-5,8H,1-3,6-7,9,16H2,(H,17,19). The highest BCUT2D eigenvalue weighted by atomic mass is 19.1. The van der Waals surface area contributed by atoms with Crippen LogP contribution in [0.5, 0.6) is 0 Å². The molecule has 1 aromatic rings. The summed E-state index contributed by atoms with van der Waals surface area (Å²) in [6.07, 6.45) is 4.29. The third-order valence-corrected chi connectivity index (χ3v) is 4.09. The van der Waals surface area contributed by atoms with Gasteiger partial charge in [-0.15, -0.1) is 0 Å². The van der Waals surface area contributed by atoms with E-state index in [9.17, 15) is 19.3 Å². The molecule has 0 bridgehead atoms. The van der Waals surface area contributed by atoms with Gasteiger partial charge in [0.2, 0.25) is 5.91 Å². The average molecular weight is 295 g/mol. The molecule has 0 aromatic heterocycles. The van der Waals surface area contributed by atoms with E-state index in [-0.39, 0.29) is 23.8 Å². The molecule has 0 heterocycles. The van der Waals surface area contributed by atoms with Gasteiger partial charge >= 0.3 is 0 Å². The van der Waals surface area contributed by atoms with Gasteiger partial charge in [0.1, 0.15) is 0 Å². The van der Waals surface area contributed by atoms with Crippen LogP contribution in [0.1, 0.15) is 32.1 Å². The summed E-state index contributed by atoms with van der Waals surface area (Å²) in [5.41, 5.74) is 4.69. The summed E-state index contributed by atoms with van der Waals surface area (Å²) in [5, 5.41) is 13.1. The average Bonchev–Trinajstić information content (AvgIpc) is 2.49. The number of carbonyl (C=O) groups is 1. The van der Waals surface area contributed by atoms with E-state index in [2.05, 4.69) is 5.32 Å². The number of nitrogens with zero attached hydrogens (tertiary/aromatic N) is 1. The second-order valence-corrected chi connectivity index (χ2v) is 5.42. The number of carbonyl (C=O) groups excluding carboxylic acids is 1. The molecule has 1 aliphatic rings. The molecule has 3 N–H and O–H groups in total. The minimum atomic E-state index is -0.819. The van der Waals surface area contributed by atoms with Crippen molar-refractivity contribution in [2.45, 2.75) is 32.1 Å². The second kappa shape index (κ2) is 6.17. The Balaban J connectivity index is 2.17. The first-order chi connectivity index (χ1) is 9.98. The van der Waals surface area contributed by atoms with Crippen LogP contribution in [0, 0.1) is 21.3 Å². The molecule has 1 fully saturated rings. The molecular formula is C14H18FN3O3. The molecule has 0 saturated heterocycles. The molecule has 21 heavy (non-hydrogen) atoms. The SMILES string of the molecule is NCC1(C(=O)Nc2ccc([N+](=O)[O-])cc2F)CCCCC1. The molecule has 0 aliphatic heterocycles. The number of hydrogen-bond donors (Lipinski definition) is 2. The number of halogens is 1. The lowest BCUT2D eigenvalue weighted by molar-refractivity contribution is -0.385. The van der Waals surface area contributed by atoms with E-state index in [4.69, 9.17) is 5.73 Å². The van der Waals surface area contributed by atoms with E-state index in [0.29, 0.717) is 12.8 Å². The van der Waals surface area contributed by atoms with Gasteiger partial charge in [0, 0.05) is 12.6 Å². The fourth-order valence-corrected chi connectivity index (χ4v) is 2.73. The molecule has 7 heteroatoms. The Kier molecular flexibility index (Phi) is 4.52. The zero-order valence-electron chi connectivity index (χ0n) is 11.6. The van der Waals surface area contributed by atoms with Crippen LogP contribution in [0.25, 0.3) is 0 Å². The number of rotatable bonds is 4. The van der Waals surface area contributed by atoms with Crippen LogP contribution in [-0.2, 0) is 4.79 Å². The molecule has 0 spiro atoms. The number of benzene rings is 1. The summed E-state index contributed by atoms with van der Waals surface area (Å²) in [5.74, 6) is -1.13. The van der Waals surface area contributed by atoms with Crippen molar-refractivity contribution in [2.24, 2.45) is 11.1 Å². The number of amides is 1. The number of anilines is 1. The highest BCUT2D eigenvalue weighted by Crippen LogP contribution is 2.36. The van der Waals surface area contributed by atoms with Crippen LogP contribution < -0.4 is 11.1 Å². The summed E-state index contributed by atoms with van der Waals surface area (Å²) in [4.78, 5) is 22.3. The Morgan fingerprint density at radius 3 is 2.57 bits per heavy atom. The minimum absolute atomic E-state index is 0.0519. The van der Waals surface area contributed by atoms with E-state index in [1.165, 1.54) is 6.07 Å². The molecule has 6 nitrogen and oxygen atoms in total. The van der Waals surface area contributed by atoms with Crippen LogP contribution in [0.2, 0.25) is 0 Å². The smallest absolute Gasteiger partial charge is 0.272 e. The third kappa shape index (κ3) is 3.18. The van der Waals surface area contributed by atoms with Gasteiger partial charge < -0.3 is 11.1 Å². The molecule has 114 valence electrons. The van der Waals surface area contributed by atoms with Crippen LogP contribution in [-0.4, -0.2) is 17.4 Å². The molecule has 0 unspecified atom stereocenters. The number of hydrogen-bond acceptors (Lipinski definition) is 4. The van der Waals surface area contributed by atoms with Gasteiger partial charge in [0.25, 0.3) is 5.69 Å². The lowest BCUT2D eigenvalue weighted by Gasteiger charge is -2.34. The van der Waals surface area contributed by atoms with Gasteiger partial charge in [-0.05, 0) is 18.9 Å². The summed E-state index contributed by atoms with van der Waals surface area (Å²) < 4.78 is 13.8. The maximum atomic E-state index is 13.8. The minimum Gasteiger partial charge on any atom is -0.329 e. The highest BCUT2D eigenvalue weighted by molar-refractivity contribution is 5.95. The molecular weight excluding hydrogens is 277 g/mol. The topological polar surface area (TPSA) is 98.3 Å². The predicted octanol–water partition coefficient (Wildman–Crippen LogP) is 2.58. The lowest BCUT2D eigenvalue weighted by atomic mass is 9.73. The van der Waals surface area contributed by atoms with Crippen molar-refractivity contribution in [1.82, 2.24) is 0 Å². The Morgan fingerprint density at radius 2 is 2.05 bits per heavy atom. The van der Waals surface area contributed by atoms with Crippen molar-refractivity contribution < 1.29 is 14.1 Å². The van der Waals surface area contributed by atoms with Crippen molar-refractivity contribution in [3.63, 3.8) is 0 Å². The monoisotopic (exact) mass is 295 g/mol. The van der Waals surface area contributed by atoms with E-state index in [1.807, 2.05) is 0 Å². The van der Waals surface area contributed by atoms with Crippen molar-refractivity contribution >= 4 is 17.3 Å². The van der Waals surface area contributed by atoms with Gasteiger partial charge in [-0.25, -0.2) is 4.39 Å². The second-order valence-electron chi connectivity index (χ2n) is 5.42. The van der Waals surface area contributed by atoms with Crippen LogP contribution >= 0.6 is 0 Å². The first-order valence-electron chi connectivity index (χ1n) is 6.94. The molecule has 0 radical (unpaired) electrons. The van der Waals surface area contributed by atoms with Crippen molar-refractivity contribution in [2.75, 3.05) is 11.9 Å². The Hall–Kier alpha value is -2.02. The summed E-state index contributed by atoms with van der Waals surface area (Å²) in [7, 11) is 0. The molecule has 2 rings (SSSR count). The Bertz CT molecular complexity index is 556. The van der Waals surface area contributed by atoms with E-state index < -0.39 is 16.2 Å². The fourth-order valence-electron chi connectivity index (χ4n) is 2.73. The summed E-state index contributed by atoms with van der Waals surface area (Å²) >= 11 is 0. The summed E-state index contributed by atoms with van der Waals surface area (Å²) in [6, 6.07) is 3.17. The van der Waals surface area contributed by atoms with Crippen LogP contribution in [0.3, 0.4) is 0 Å². The van der Waals surface area contributed by atoms with Crippen molar-refractivity contribution in [3.8, 4) is 0 Å². The van der Waals surface area contributed by atoms with Gasteiger partial charge in [0.15, 0.2) is 5.82 Å². The first-order valence-corrected chi connectivity index (χ1v) is 6.94. The Labute approximate surface area is 121 Å². The van der Waals surface area contributed by atoms with Crippen molar-refractivity contribution in [3.05, 3.63) is 34.1 Å². The maximum Gasteiger partial charge on any atom is 0.272 e. The molecule has 1 saturated carbocycles. The number of nitro groups is 1. The normalized spacial score (nSPS) is 17.2. The fraction of sp³-hybridized carbons (Fsp3) is 0.500. The summed E-state index contributed by atoms with van der Waals surface area (Å²) in [6.45, 7) is 0.216. The van der Waals surface area contributed by atoms with Gasteiger partial charge in [-0.3, -0.25) is 14.9 Å². The van der Waals surface area contributed by atoms with Gasteiger partial charge in [0.05, 0.1) is 22.1 Å². The number of nitrogens with two attached hydrogens (primary N) is 1. The van der Waals surface area contributed by atoms with Crippen LogP contribution in [0.15, 0.2) is 18.2 Å². The predicted molar refractivity (Wildman–Crippen MR) is 76.3 cm³/mol. The zero-order chi connectivity index (χ0) is 15.5. The number of non-ortho nitro benzene ring substituents is 1. The highest BCUT2D eigenvalue weighted by Gasteiger charge is 2.38. The maximum absolute atomic E-state index is 13.8. The third-order valence-electron chi connectivity index (χ3n) is 4.09. The lowest BCUT2D eigenvalue weighted by Crippen LogP contribution is -2.44. The zero-order valence-corrected chi connectivity index (χ0v) is 11.6. The largest absolute Gasteiger partial charge is 0.329 e. The quantitative estimate of drug-likeness (QED) is 0.658. The molecule has 1 aliphatic carbocycles. The molecule has 1 aromatic carbocycles. The van der Waals surface area contributed by atoms with E-state index in [1.54, 1.807) is 0 Å². The van der Waals surface area contributed by atoms with Gasteiger partial charge in [-0.2, -0.15) is 0 Å². The van der Waals surface area contributed by atoms with E-state index in [0.717, 1.165) is 31.4 Å². The molecule has 0 atom stereocenters.